The third-order valence-electron chi connectivity index (χ3n) is 2.98. The lowest BCUT2D eigenvalue weighted by atomic mass is 10.2. The van der Waals surface area contributed by atoms with Gasteiger partial charge in [0.15, 0.2) is 0 Å². The highest BCUT2D eigenvalue weighted by Crippen LogP contribution is 2.18. The number of rotatable bonds is 5. The quantitative estimate of drug-likeness (QED) is 0.916. The van der Waals surface area contributed by atoms with Crippen molar-refractivity contribution in [1.82, 2.24) is 10.3 Å². The van der Waals surface area contributed by atoms with E-state index in [9.17, 15) is 4.79 Å². The number of benzene rings is 1. The summed E-state index contributed by atoms with van der Waals surface area (Å²) in [5, 5.41) is 4.68. The first kappa shape index (κ1) is 15.0. The summed E-state index contributed by atoms with van der Waals surface area (Å²) in [4.78, 5) is 17.4. The minimum absolute atomic E-state index is 0.0606. The van der Waals surface area contributed by atoms with Gasteiger partial charge in [0.2, 0.25) is 5.91 Å². The summed E-state index contributed by atoms with van der Waals surface area (Å²) in [6.45, 7) is 4.52. The van der Waals surface area contributed by atoms with Crippen molar-refractivity contribution < 1.29 is 4.79 Å². The van der Waals surface area contributed by atoms with Crippen LogP contribution in [0.1, 0.15) is 27.6 Å². The number of carbonyl (C=O) groups is 1. The SMILES string of the molecule is Cc1nc(C)c(CCC(=O)NCc2ccc(Cl)cc2)s1. The third-order valence-corrected chi connectivity index (χ3v) is 4.37. The Bertz CT molecular complexity index is 592. The Balaban J connectivity index is 1.78. The van der Waals surface area contributed by atoms with Gasteiger partial charge in [-0.05, 0) is 38.0 Å². The molecule has 0 radical (unpaired) electrons. The van der Waals surface area contributed by atoms with Gasteiger partial charge >= 0.3 is 0 Å². The maximum absolute atomic E-state index is 11.8. The molecule has 0 aliphatic carbocycles. The van der Waals surface area contributed by atoms with E-state index in [1.807, 2.05) is 38.1 Å². The number of thiazole rings is 1. The predicted octanol–water partition coefficient (Wildman–Crippen LogP) is 3.66. The molecule has 2 rings (SSSR count). The van der Waals surface area contributed by atoms with Crippen molar-refractivity contribution in [1.29, 1.82) is 0 Å². The lowest BCUT2D eigenvalue weighted by Gasteiger charge is -2.05. The average Bonchev–Trinajstić information content (AvgIpc) is 2.74. The Labute approximate surface area is 128 Å². The van der Waals surface area contributed by atoms with Crippen molar-refractivity contribution in [2.75, 3.05) is 0 Å². The number of hydrogen-bond donors (Lipinski definition) is 1. The topological polar surface area (TPSA) is 42.0 Å². The monoisotopic (exact) mass is 308 g/mol. The normalized spacial score (nSPS) is 10.6. The zero-order valence-electron chi connectivity index (χ0n) is 11.6. The van der Waals surface area contributed by atoms with Crippen molar-refractivity contribution in [3.8, 4) is 0 Å². The molecule has 0 fully saturated rings. The van der Waals surface area contributed by atoms with Crippen LogP contribution in [0.2, 0.25) is 5.02 Å². The Morgan fingerprint density at radius 1 is 1.30 bits per heavy atom. The van der Waals surface area contributed by atoms with Gasteiger partial charge in [-0.1, -0.05) is 23.7 Å². The number of halogens is 1. The van der Waals surface area contributed by atoms with Crippen LogP contribution in [-0.2, 0) is 17.8 Å². The van der Waals surface area contributed by atoms with Crippen molar-refractivity contribution in [3.05, 3.63) is 50.4 Å². The van der Waals surface area contributed by atoms with Crippen LogP contribution in [0.25, 0.3) is 0 Å². The number of hydrogen-bond acceptors (Lipinski definition) is 3. The number of carbonyl (C=O) groups excluding carboxylic acids is 1. The maximum atomic E-state index is 11.8. The van der Waals surface area contributed by atoms with E-state index in [-0.39, 0.29) is 5.91 Å². The minimum atomic E-state index is 0.0606. The van der Waals surface area contributed by atoms with Gasteiger partial charge in [-0.3, -0.25) is 4.79 Å². The van der Waals surface area contributed by atoms with Crippen LogP contribution in [-0.4, -0.2) is 10.9 Å². The third kappa shape index (κ3) is 4.32. The Hall–Kier alpha value is -1.39. The molecule has 3 nitrogen and oxygen atoms in total. The second kappa shape index (κ2) is 6.86. The highest BCUT2D eigenvalue weighted by molar-refractivity contribution is 7.11. The van der Waals surface area contributed by atoms with E-state index in [1.54, 1.807) is 11.3 Å². The van der Waals surface area contributed by atoms with Gasteiger partial charge in [0.25, 0.3) is 0 Å². The molecule has 1 aromatic carbocycles. The molecule has 2 aromatic rings. The zero-order chi connectivity index (χ0) is 14.5. The molecule has 0 atom stereocenters. The highest BCUT2D eigenvalue weighted by atomic mass is 35.5. The molecule has 0 aliphatic rings. The van der Waals surface area contributed by atoms with E-state index in [2.05, 4.69) is 10.3 Å². The molecule has 1 aromatic heterocycles. The molecule has 0 spiro atoms. The van der Waals surface area contributed by atoms with Gasteiger partial charge in [-0.25, -0.2) is 4.98 Å². The van der Waals surface area contributed by atoms with E-state index in [0.29, 0.717) is 18.0 Å². The molecular formula is C15H17ClN2OS. The Morgan fingerprint density at radius 2 is 2.00 bits per heavy atom. The van der Waals surface area contributed by atoms with Crippen molar-refractivity contribution >= 4 is 28.8 Å². The molecular weight excluding hydrogens is 292 g/mol. The van der Waals surface area contributed by atoms with E-state index < -0.39 is 0 Å². The van der Waals surface area contributed by atoms with Crippen LogP contribution in [0.5, 0.6) is 0 Å². The molecule has 0 saturated heterocycles. The van der Waals surface area contributed by atoms with Crippen molar-refractivity contribution in [2.45, 2.75) is 33.2 Å². The first-order valence-electron chi connectivity index (χ1n) is 6.48. The summed E-state index contributed by atoms with van der Waals surface area (Å²) >= 11 is 7.48. The lowest BCUT2D eigenvalue weighted by Crippen LogP contribution is -2.22. The molecule has 1 amide bonds. The number of aromatic nitrogens is 1. The predicted molar refractivity (Wildman–Crippen MR) is 83.2 cm³/mol. The highest BCUT2D eigenvalue weighted by Gasteiger charge is 2.08. The van der Waals surface area contributed by atoms with Crippen LogP contribution >= 0.6 is 22.9 Å². The van der Waals surface area contributed by atoms with Gasteiger partial charge in [-0.2, -0.15) is 0 Å². The summed E-state index contributed by atoms with van der Waals surface area (Å²) in [5.41, 5.74) is 2.09. The summed E-state index contributed by atoms with van der Waals surface area (Å²) in [6.07, 6.45) is 1.25. The van der Waals surface area contributed by atoms with E-state index in [1.165, 1.54) is 4.88 Å². The van der Waals surface area contributed by atoms with Gasteiger partial charge in [0.05, 0.1) is 10.7 Å². The summed E-state index contributed by atoms with van der Waals surface area (Å²) < 4.78 is 0. The number of aryl methyl sites for hydroxylation is 3. The average molecular weight is 309 g/mol. The Morgan fingerprint density at radius 3 is 2.60 bits per heavy atom. The minimum Gasteiger partial charge on any atom is -0.352 e. The van der Waals surface area contributed by atoms with Crippen LogP contribution in [0, 0.1) is 13.8 Å². The second-order valence-electron chi connectivity index (χ2n) is 4.64. The van der Waals surface area contributed by atoms with Crippen LogP contribution < -0.4 is 5.32 Å². The fourth-order valence-electron chi connectivity index (χ4n) is 1.92. The van der Waals surface area contributed by atoms with Gasteiger partial charge < -0.3 is 5.32 Å². The molecule has 0 aliphatic heterocycles. The second-order valence-corrected chi connectivity index (χ2v) is 6.37. The number of amides is 1. The Kier molecular flexibility index (Phi) is 5.15. The molecule has 5 heteroatoms. The molecule has 0 bridgehead atoms. The van der Waals surface area contributed by atoms with Gasteiger partial charge in [0.1, 0.15) is 0 Å². The lowest BCUT2D eigenvalue weighted by molar-refractivity contribution is -0.121. The molecule has 1 N–H and O–H groups in total. The number of nitrogens with zero attached hydrogens (tertiary/aromatic N) is 1. The van der Waals surface area contributed by atoms with Crippen molar-refractivity contribution in [2.24, 2.45) is 0 Å². The summed E-state index contributed by atoms with van der Waals surface area (Å²) in [5.74, 6) is 0.0606. The number of nitrogens with one attached hydrogen (secondary N) is 1. The van der Waals surface area contributed by atoms with E-state index >= 15 is 0 Å². The van der Waals surface area contributed by atoms with Crippen LogP contribution in [0.3, 0.4) is 0 Å². The smallest absolute Gasteiger partial charge is 0.220 e. The van der Waals surface area contributed by atoms with Crippen LogP contribution in [0.15, 0.2) is 24.3 Å². The largest absolute Gasteiger partial charge is 0.352 e. The first-order valence-corrected chi connectivity index (χ1v) is 7.68. The molecule has 1 heterocycles. The molecule has 0 unspecified atom stereocenters. The van der Waals surface area contributed by atoms with Crippen molar-refractivity contribution in [3.63, 3.8) is 0 Å². The summed E-state index contributed by atoms with van der Waals surface area (Å²) in [7, 11) is 0. The fourth-order valence-corrected chi connectivity index (χ4v) is 2.99. The summed E-state index contributed by atoms with van der Waals surface area (Å²) in [6, 6.07) is 7.48. The van der Waals surface area contributed by atoms with E-state index in [0.717, 1.165) is 22.7 Å². The van der Waals surface area contributed by atoms with Gasteiger partial charge in [0, 0.05) is 22.9 Å². The first-order chi connectivity index (χ1) is 9.54. The molecule has 0 saturated carbocycles. The fraction of sp³-hybridized carbons (Fsp3) is 0.333. The van der Waals surface area contributed by atoms with Crippen LogP contribution in [0.4, 0.5) is 0 Å². The van der Waals surface area contributed by atoms with Gasteiger partial charge in [-0.15, -0.1) is 11.3 Å². The zero-order valence-corrected chi connectivity index (χ0v) is 13.1. The molecule has 20 heavy (non-hydrogen) atoms. The standard InChI is InChI=1S/C15H17ClN2OS/c1-10-14(20-11(2)18-10)7-8-15(19)17-9-12-3-5-13(16)6-4-12/h3-6H,7-9H2,1-2H3,(H,17,19). The van der Waals surface area contributed by atoms with E-state index in [4.69, 9.17) is 11.6 Å². The molecule has 106 valence electrons. The maximum Gasteiger partial charge on any atom is 0.220 e.